The Morgan fingerprint density at radius 1 is 0.212 bits per heavy atom. The maximum Gasteiger partial charge on any atom is 0.252 e. The minimum absolute atomic E-state index is 0.153. The van der Waals surface area contributed by atoms with Crippen LogP contribution in [-0.4, -0.2) is 13.4 Å². The third-order valence-electron chi connectivity index (χ3n) is 21.2. The van der Waals surface area contributed by atoms with Crippen molar-refractivity contribution in [2.75, 3.05) is 24.5 Å². The molecule has 16 aromatic rings. The zero-order valence-electron chi connectivity index (χ0n) is 56.8. The first kappa shape index (κ1) is 60.9. The fraction of sp³-hybridized carbons (Fsp3) is 0. The van der Waals surface area contributed by atoms with Gasteiger partial charge in [0.25, 0.3) is 6.71 Å². The van der Waals surface area contributed by atoms with E-state index in [-0.39, 0.29) is 13.4 Å². The Bertz CT molecular complexity index is 5950. The molecule has 104 heavy (non-hydrogen) atoms. The van der Waals surface area contributed by atoms with E-state index in [1.807, 2.05) is 11.8 Å². The zero-order chi connectivity index (χ0) is 68.6. The highest BCUT2D eigenvalue weighted by atomic mass is 32.2. The molecule has 0 saturated carbocycles. The Morgan fingerprint density at radius 3 is 1.03 bits per heavy atom. The molecule has 486 valence electrons. The van der Waals surface area contributed by atoms with Gasteiger partial charge in [-0.1, -0.05) is 308 Å². The van der Waals surface area contributed by atoms with E-state index in [1.54, 1.807) is 0 Å². The first-order valence-corrected chi connectivity index (χ1v) is 36.6. The van der Waals surface area contributed by atoms with E-state index in [9.17, 15) is 0 Å². The first-order chi connectivity index (χ1) is 51.7. The van der Waals surface area contributed by atoms with Crippen LogP contribution >= 0.6 is 11.8 Å². The number of benzene rings is 16. The molecule has 4 aliphatic rings. The highest BCUT2D eigenvalue weighted by molar-refractivity contribution is 8.00. The predicted molar refractivity (Wildman–Crippen MR) is 441 cm³/mol. The molecule has 20 rings (SSSR count). The van der Waals surface area contributed by atoms with Gasteiger partial charge >= 0.3 is 0 Å². The smallest absolute Gasteiger partial charge is 0.252 e. The molecule has 0 fully saturated rings. The van der Waals surface area contributed by atoms with Gasteiger partial charge in [-0.25, -0.2) is 0 Å². The molecule has 0 aromatic heterocycles. The third-order valence-corrected chi connectivity index (χ3v) is 22.4. The van der Waals surface area contributed by atoms with Crippen LogP contribution < -0.4 is 57.3 Å². The number of para-hydroxylation sites is 9. The van der Waals surface area contributed by atoms with Gasteiger partial charge in [-0.2, -0.15) is 0 Å². The first-order valence-electron chi connectivity index (χ1n) is 35.8. The van der Waals surface area contributed by atoms with Crippen LogP contribution in [0.15, 0.2) is 404 Å². The highest BCUT2D eigenvalue weighted by Gasteiger charge is 2.48. The normalized spacial score (nSPS) is 12.7. The molecule has 0 bridgehead atoms. The van der Waals surface area contributed by atoms with E-state index in [2.05, 4.69) is 419 Å². The van der Waals surface area contributed by atoms with Crippen LogP contribution in [0.2, 0.25) is 0 Å². The summed E-state index contributed by atoms with van der Waals surface area (Å²) in [6, 6.07) is 146. The van der Waals surface area contributed by atoms with Gasteiger partial charge in [0.15, 0.2) is 0 Å². The van der Waals surface area contributed by atoms with Crippen LogP contribution in [0.1, 0.15) is 0 Å². The molecular weight excluding hydrogens is 1280 g/mol. The standard InChI is InChI=1S/C96H65B2N5S/c1-8-34-66(35-9-1)75-48-22-28-54-83(75)99(70-42-16-5-17-43-70)73-60-90-95-91(61-73)102(85-56-30-24-50-77(85)68-38-12-3-13-39-68)87-58-32-26-52-79(87)97(95)81-64-82-93(65-89(81)101(90)72-46-20-7-21-47-72)104-94-63-74(100(71-44-18-6-19-45-71)84-55-29-23-49-76(84)67-36-10-2-11-37-67)62-92-96(94)98(82)80-53-27-33-59-88(80)103(92)86-57-31-25-51-78(86)69-40-14-4-15-41-69/h1-65H. The highest BCUT2D eigenvalue weighted by Crippen LogP contribution is 2.54. The van der Waals surface area contributed by atoms with Gasteiger partial charge in [-0.3, -0.25) is 0 Å². The second kappa shape index (κ2) is 25.6. The van der Waals surface area contributed by atoms with E-state index in [0.717, 1.165) is 130 Å². The Labute approximate surface area is 612 Å². The Kier molecular flexibility index (Phi) is 15.0. The lowest BCUT2D eigenvalue weighted by Gasteiger charge is -2.46. The average Bonchev–Trinajstić information content (AvgIpc) is 0.689. The summed E-state index contributed by atoms with van der Waals surface area (Å²) in [5.74, 6) is 0. The predicted octanol–water partition coefficient (Wildman–Crippen LogP) is 22.1. The monoisotopic (exact) mass is 1340 g/mol. The number of nitrogens with zero attached hydrogens (tertiary/aromatic N) is 5. The van der Waals surface area contributed by atoms with Crippen molar-refractivity contribution < 1.29 is 0 Å². The summed E-state index contributed by atoms with van der Waals surface area (Å²) in [5.41, 5.74) is 33.4. The summed E-state index contributed by atoms with van der Waals surface area (Å²) in [6.07, 6.45) is 0. The molecule has 0 aliphatic carbocycles. The van der Waals surface area contributed by atoms with E-state index in [0.29, 0.717) is 0 Å². The molecule has 0 radical (unpaired) electrons. The van der Waals surface area contributed by atoms with E-state index in [4.69, 9.17) is 0 Å². The molecule has 0 unspecified atom stereocenters. The van der Waals surface area contributed by atoms with E-state index < -0.39 is 0 Å². The lowest BCUT2D eigenvalue weighted by molar-refractivity contribution is 1.22. The molecular formula is C96H65B2N5S. The number of hydrogen-bond donors (Lipinski definition) is 0. The molecule has 0 saturated heterocycles. The summed E-state index contributed by atoms with van der Waals surface area (Å²) in [4.78, 5) is 15.2. The van der Waals surface area contributed by atoms with Crippen molar-refractivity contribution in [2.45, 2.75) is 9.79 Å². The van der Waals surface area contributed by atoms with E-state index >= 15 is 0 Å². The summed E-state index contributed by atoms with van der Waals surface area (Å²) in [5, 5.41) is 0. The number of hydrogen-bond acceptors (Lipinski definition) is 6. The van der Waals surface area contributed by atoms with Gasteiger partial charge in [0.2, 0.25) is 6.71 Å². The van der Waals surface area contributed by atoms with Crippen LogP contribution in [0.25, 0.3) is 44.5 Å². The minimum Gasteiger partial charge on any atom is -0.311 e. The molecule has 16 aromatic carbocycles. The van der Waals surface area contributed by atoms with Crippen LogP contribution in [0.5, 0.6) is 0 Å². The minimum atomic E-state index is -0.196. The van der Waals surface area contributed by atoms with Gasteiger partial charge in [0.1, 0.15) is 0 Å². The second-order valence-electron chi connectivity index (χ2n) is 27.0. The van der Waals surface area contributed by atoms with E-state index in [1.165, 1.54) is 42.6 Å². The van der Waals surface area contributed by atoms with Crippen molar-refractivity contribution in [1.82, 2.24) is 0 Å². The van der Waals surface area contributed by atoms with Crippen molar-refractivity contribution >= 4 is 143 Å². The average molecular weight is 1340 g/mol. The summed E-state index contributed by atoms with van der Waals surface area (Å²) >= 11 is 1.91. The molecule has 4 aliphatic heterocycles. The van der Waals surface area contributed by atoms with Crippen molar-refractivity contribution in [3.63, 3.8) is 0 Å². The van der Waals surface area contributed by atoms with Crippen LogP contribution in [-0.2, 0) is 0 Å². The van der Waals surface area contributed by atoms with Crippen molar-refractivity contribution in [3.05, 3.63) is 394 Å². The van der Waals surface area contributed by atoms with Gasteiger partial charge in [-0.15, -0.1) is 0 Å². The molecule has 0 spiro atoms. The fourth-order valence-electron chi connectivity index (χ4n) is 16.9. The molecule has 0 atom stereocenters. The lowest BCUT2D eigenvalue weighted by atomic mass is 9.31. The van der Waals surface area contributed by atoms with Crippen molar-refractivity contribution in [3.8, 4) is 44.5 Å². The maximum absolute atomic E-state index is 2.65. The van der Waals surface area contributed by atoms with Crippen LogP contribution in [0.3, 0.4) is 0 Å². The molecule has 0 N–H and O–H groups in total. The summed E-state index contributed by atoms with van der Waals surface area (Å²) in [6.45, 7) is -0.350. The SMILES string of the molecule is c1ccc(-c2ccccc2N(c2ccccc2)c2cc3c4c(c2)N(c2ccccc2-c2ccccc2)c2ccccc2B4c2cc4c(cc2S3)N(c2ccccc2)c2cc(N(c3ccccc3)c3ccccc3-c3ccccc3)cc3c2B4c2ccccc2N3c2ccccc2-c2ccccc2)cc1. The number of rotatable bonds is 13. The largest absolute Gasteiger partial charge is 0.311 e. The Hall–Kier alpha value is -13.0. The molecule has 5 nitrogen and oxygen atoms in total. The molecule has 4 heterocycles. The topological polar surface area (TPSA) is 16.2 Å². The summed E-state index contributed by atoms with van der Waals surface area (Å²) < 4.78 is 0. The molecule has 8 heteroatoms. The third kappa shape index (κ3) is 10.1. The molecule has 0 amide bonds. The zero-order valence-corrected chi connectivity index (χ0v) is 57.6. The fourth-order valence-corrected chi connectivity index (χ4v) is 18.1. The second-order valence-corrected chi connectivity index (χ2v) is 28.1. The van der Waals surface area contributed by atoms with Crippen molar-refractivity contribution in [2.24, 2.45) is 0 Å². The van der Waals surface area contributed by atoms with Crippen LogP contribution in [0, 0.1) is 0 Å². The van der Waals surface area contributed by atoms with Gasteiger partial charge in [0.05, 0.1) is 28.4 Å². The van der Waals surface area contributed by atoms with Gasteiger partial charge in [-0.05, 0) is 153 Å². The number of anilines is 15. The van der Waals surface area contributed by atoms with Crippen molar-refractivity contribution in [1.29, 1.82) is 0 Å². The quantitative estimate of drug-likeness (QED) is 0.106. The van der Waals surface area contributed by atoms with Gasteiger partial charge < -0.3 is 24.5 Å². The maximum atomic E-state index is 2.65. The van der Waals surface area contributed by atoms with Crippen LogP contribution in [0.4, 0.5) is 85.3 Å². The summed E-state index contributed by atoms with van der Waals surface area (Å²) in [7, 11) is 0. The Balaban J connectivity index is 0.871. The Morgan fingerprint density at radius 2 is 0.558 bits per heavy atom. The van der Waals surface area contributed by atoms with Gasteiger partial charge in [0, 0.05) is 88.9 Å². The lowest BCUT2D eigenvalue weighted by Crippen LogP contribution is -2.64. The number of fused-ring (bicyclic) bond motifs is 8.